The van der Waals surface area contributed by atoms with Crippen LogP contribution in [0.4, 0.5) is 0 Å². The molecule has 1 aromatic rings. The summed E-state index contributed by atoms with van der Waals surface area (Å²) in [6.45, 7) is 1.65. The standard InChI is InChI=1S/C11H11BrO3/c1-2-9(11(14)15)10(13)7-3-5-8(12)6-4-7/h3-6,9H,2H2,1H3,(H,14,15)/p-1. The molecule has 0 saturated heterocycles. The average Bonchev–Trinajstić information content (AvgIpc) is 2.19. The van der Waals surface area contributed by atoms with E-state index in [0.29, 0.717) is 5.56 Å². The Morgan fingerprint density at radius 2 is 1.87 bits per heavy atom. The smallest absolute Gasteiger partial charge is 0.171 e. The van der Waals surface area contributed by atoms with E-state index in [9.17, 15) is 14.7 Å². The van der Waals surface area contributed by atoms with Gasteiger partial charge in [-0.3, -0.25) is 4.79 Å². The monoisotopic (exact) mass is 269 g/mol. The molecular formula is C11H10BrO3-. The van der Waals surface area contributed by atoms with E-state index in [1.165, 1.54) is 0 Å². The van der Waals surface area contributed by atoms with Gasteiger partial charge in [-0.1, -0.05) is 35.0 Å². The maximum Gasteiger partial charge on any atom is 0.171 e. The van der Waals surface area contributed by atoms with Crippen molar-refractivity contribution in [3.8, 4) is 0 Å². The molecule has 0 radical (unpaired) electrons. The summed E-state index contributed by atoms with van der Waals surface area (Å²) in [5, 5.41) is 10.7. The molecule has 0 aliphatic heterocycles. The van der Waals surface area contributed by atoms with Crippen LogP contribution in [0, 0.1) is 5.92 Å². The number of carboxylic acid groups (broad SMARTS) is 1. The first kappa shape index (κ1) is 11.9. The molecule has 0 spiro atoms. The van der Waals surface area contributed by atoms with Gasteiger partial charge in [0, 0.05) is 10.0 Å². The number of hydrogen-bond acceptors (Lipinski definition) is 3. The van der Waals surface area contributed by atoms with Gasteiger partial charge in [-0.15, -0.1) is 0 Å². The molecule has 0 aliphatic carbocycles. The lowest BCUT2D eigenvalue weighted by Gasteiger charge is -2.14. The number of ketones is 1. The van der Waals surface area contributed by atoms with Crippen LogP contribution in [0.15, 0.2) is 28.7 Å². The Balaban J connectivity index is 2.93. The predicted molar refractivity (Wildman–Crippen MR) is 57.3 cm³/mol. The van der Waals surface area contributed by atoms with Gasteiger partial charge in [-0.2, -0.15) is 0 Å². The van der Waals surface area contributed by atoms with E-state index in [1.54, 1.807) is 31.2 Å². The second-order valence-corrected chi connectivity index (χ2v) is 4.07. The molecule has 0 amide bonds. The first-order valence-electron chi connectivity index (χ1n) is 4.57. The molecular weight excluding hydrogens is 260 g/mol. The summed E-state index contributed by atoms with van der Waals surface area (Å²) in [4.78, 5) is 22.4. The quantitative estimate of drug-likeness (QED) is 0.614. The zero-order chi connectivity index (χ0) is 11.4. The number of aliphatic carboxylic acids is 1. The predicted octanol–water partition coefficient (Wildman–Crippen LogP) is 1.41. The van der Waals surface area contributed by atoms with Crippen LogP contribution in [0.2, 0.25) is 0 Å². The van der Waals surface area contributed by atoms with E-state index in [-0.39, 0.29) is 6.42 Å². The van der Waals surface area contributed by atoms with Crippen LogP contribution in [-0.4, -0.2) is 11.8 Å². The first-order valence-corrected chi connectivity index (χ1v) is 5.36. The summed E-state index contributed by atoms with van der Waals surface area (Å²) in [5.74, 6) is -2.76. The van der Waals surface area contributed by atoms with Gasteiger partial charge in [0.05, 0.1) is 11.9 Å². The van der Waals surface area contributed by atoms with Crippen LogP contribution in [-0.2, 0) is 4.79 Å². The van der Waals surface area contributed by atoms with Crippen LogP contribution in [0.3, 0.4) is 0 Å². The SMILES string of the molecule is CCC(C(=O)[O-])C(=O)c1ccc(Br)cc1. The number of benzene rings is 1. The van der Waals surface area contributed by atoms with Gasteiger partial charge in [0.15, 0.2) is 5.78 Å². The third-order valence-corrected chi connectivity index (χ3v) is 2.67. The fourth-order valence-corrected chi connectivity index (χ4v) is 1.54. The number of hydrogen-bond donors (Lipinski definition) is 0. The van der Waals surface area contributed by atoms with Crippen LogP contribution in [0.5, 0.6) is 0 Å². The molecule has 0 heterocycles. The Bertz CT molecular complexity index is 370. The molecule has 0 saturated carbocycles. The van der Waals surface area contributed by atoms with Crippen molar-refractivity contribution in [1.82, 2.24) is 0 Å². The van der Waals surface area contributed by atoms with Crippen molar-refractivity contribution in [3.05, 3.63) is 34.3 Å². The second-order valence-electron chi connectivity index (χ2n) is 3.15. The van der Waals surface area contributed by atoms with Gasteiger partial charge in [-0.25, -0.2) is 0 Å². The van der Waals surface area contributed by atoms with E-state index in [0.717, 1.165) is 4.47 Å². The molecule has 0 bridgehead atoms. The number of carbonyl (C=O) groups excluding carboxylic acids is 2. The number of rotatable bonds is 4. The Morgan fingerprint density at radius 1 is 1.33 bits per heavy atom. The molecule has 1 unspecified atom stereocenters. The number of carbonyl (C=O) groups is 2. The molecule has 1 rings (SSSR count). The van der Waals surface area contributed by atoms with Crippen molar-refractivity contribution < 1.29 is 14.7 Å². The Labute approximate surface area is 96.2 Å². The van der Waals surface area contributed by atoms with E-state index >= 15 is 0 Å². The number of halogens is 1. The fourth-order valence-electron chi connectivity index (χ4n) is 1.27. The van der Waals surface area contributed by atoms with Crippen LogP contribution in [0.25, 0.3) is 0 Å². The average molecular weight is 270 g/mol. The van der Waals surface area contributed by atoms with Crippen LogP contribution in [0.1, 0.15) is 23.7 Å². The summed E-state index contributed by atoms with van der Waals surface area (Å²) in [6, 6.07) is 6.60. The van der Waals surface area contributed by atoms with Crippen molar-refractivity contribution in [2.45, 2.75) is 13.3 Å². The second kappa shape index (κ2) is 5.07. The molecule has 1 atom stereocenters. The Kier molecular flexibility index (Phi) is 4.03. The fraction of sp³-hybridized carbons (Fsp3) is 0.273. The summed E-state index contributed by atoms with van der Waals surface area (Å²) < 4.78 is 0.848. The van der Waals surface area contributed by atoms with E-state index < -0.39 is 17.7 Å². The molecule has 0 N–H and O–H groups in total. The highest BCUT2D eigenvalue weighted by molar-refractivity contribution is 9.10. The largest absolute Gasteiger partial charge is 0.549 e. The van der Waals surface area contributed by atoms with Gasteiger partial charge >= 0.3 is 0 Å². The molecule has 1 aromatic carbocycles. The number of carboxylic acids is 1. The summed E-state index contributed by atoms with van der Waals surface area (Å²) in [7, 11) is 0. The number of Topliss-reactive ketones (excluding diaryl/α,β-unsaturated/α-hetero) is 1. The van der Waals surface area contributed by atoms with Gasteiger partial charge < -0.3 is 9.90 Å². The van der Waals surface area contributed by atoms with Crippen molar-refractivity contribution >= 4 is 27.7 Å². The maximum atomic E-state index is 11.7. The summed E-state index contributed by atoms with van der Waals surface area (Å²) >= 11 is 3.24. The van der Waals surface area contributed by atoms with Crippen LogP contribution >= 0.6 is 15.9 Å². The molecule has 0 aliphatic rings. The first-order chi connectivity index (χ1) is 7.06. The normalized spacial score (nSPS) is 12.1. The minimum Gasteiger partial charge on any atom is -0.549 e. The lowest BCUT2D eigenvalue weighted by atomic mass is 9.95. The zero-order valence-electron chi connectivity index (χ0n) is 8.20. The minimum atomic E-state index is -1.31. The molecule has 0 aromatic heterocycles. The van der Waals surface area contributed by atoms with Crippen LogP contribution < -0.4 is 5.11 Å². The van der Waals surface area contributed by atoms with E-state index in [1.807, 2.05) is 0 Å². The molecule has 3 nitrogen and oxygen atoms in total. The van der Waals surface area contributed by atoms with Gasteiger partial charge in [-0.05, 0) is 18.6 Å². The lowest BCUT2D eigenvalue weighted by Crippen LogP contribution is -2.36. The highest BCUT2D eigenvalue weighted by Gasteiger charge is 2.18. The minimum absolute atomic E-state index is 0.247. The maximum absolute atomic E-state index is 11.7. The topological polar surface area (TPSA) is 57.2 Å². The molecule has 4 heteroatoms. The van der Waals surface area contributed by atoms with E-state index in [2.05, 4.69) is 15.9 Å². The summed E-state index contributed by atoms with van der Waals surface area (Å²) in [6.07, 6.45) is 0.247. The van der Waals surface area contributed by atoms with Gasteiger partial charge in [0.2, 0.25) is 0 Å². The van der Waals surface area contributed by atoms with Gasteiger partial charge in [0.1, 0.15) is 0 Å². The van der Waals surface area contributed by atoms with Crippen molar-refractivity contribution in [1.29, 1.82) is 0 Å². The van der Waals surface area contributed by atoms with E-state index in [4.69, 9.17) is 0 Å². The van der Waals surface area contributed by atoms with Crippen molar-refractivity contribution in [2.75, 3.05) is 0 Å². The zero-order valence-corrected chi connectivity index (χ0v) is 9.78. The summed E-state index contributed by atoms with van der Waals surface area (Å²) in [5.41, 5.74) is 0.397. The third kappa shape index (κ3) is 2.89. The van der Waals surface area contributed by atoms with Gasteiger partial charge in [0.25, 0.3) is 0 Å². The Hall–Kier alpha value is -1.16. The molecule has 0 fully saturated rings. The highest BCUT2D eigenvalue weighted by atomic mass is 79.9. The van der Waals surface area contributed by atoms with Crippen molar-refractivity contribution in [3.63, 3.8) is 0 Å². The third-order valence-electron chi connectivity index (χ3n) is 2.14. The highest BCUT2D eigenvalue weighted by Crippen LogP contribution is 2.15. The lowest BCUT2D eigenvalue weighted by molar-refractivity contribution is -0.309. The van der Waals surface area contributed by atoms with Crippen molar-refractivity contribution in [2.24, 2.45) is 5.92 Å². The molecule has 15 heavy (non-hydrogen) atoms. The Morgan fingerprint density at radius 3 is 2.27 bits per heavy atom. The molecule has 80 valence electrons.